The molecule has 0 aliphatic heterocycles. The van der Waals surface area contributed by atoms with Gasteiger partial charge in [0.2, 0.25) is 0 Å². The Bertz CT molecular complexity index is 424. The zero-order valence-electron chi connectivity index (χ0n) is 8.61. The molecule has 2 aromatic rings. The zero-order chi connectivity index (χ0) is 10.3. The van der Waals surface area contributed by atoms with E-state index < -0.39 is 0 Å². The Kier molecular flexibility index (Phi) is 2.54. The number of thiophene rings is 2. The van der Waals surface area contributed by atoms with Gasteiger partial charge in [0.15, 0.2) is 0 Å². The van der Waals surface area contributed by atoms with E-state index in [2.05, 4.69) is 17.5 Å². The minimum absolute atomic E-state index is 0.278. The van der Waals surface area contributed by atoms with E-state index in [-0.39, 0.29) is 6.04 Å². The van der Waals surface area contributed by atoms with Gasteiger partial charge in [-0.05, 0) is 29.9 Å². The van der Waals surface area contributed by atoms with Crippen LogP contribution in [0.15, 0.2) is 17.5 Å². The Balaban J connectivity index is 1.77. The van der Waals surface area contributed by atoms with Crippen molar-refractivity contribution in [1.29, 1.82) is 0 Å². The van der Waals surface area contributed by atoms with Crippen molar-refractivity contribution < 1.29 is 0 Å². The van der Waals surface area contributed by atoms with Crippen LogP contribution in [0.3, 0.4) is 0 Å². The highest BCUT2D eigenvalue weighted by Crippen LogP contribution is 2.38. The standard InChI is InChI=1S/C12H15NS2/c13-9(6-8-2-1-3-8)11-7-12-10(15-11)4-5-14-12/h4-5,7-9H,1-3,6,13H2. The van der Waals surface area contributed by atoms with E-state index in [9.17, 15) is 0 Å². The highest BCUT2D eigenvalue weighted by Gasteiger charge is 2.22. The fraction of sp³-hybridized carbons (Fsp3) is 0.500. The van der Waals surface area contributed by atoms with Crippen LogP contribution in [0.4, 0.5) is 0 Å². The first-order valence-corrected chi connectivity index (χ1v) is 7.25. The van der Waals surface area contributed by atoms with Gasteiger partial charge >= 0.3 is 0 Å². The number of fused-ring (bicyclic) bond motifs is 1. The molecule has 1 nitrogen and oxygen atoms in total. The fourth-order valence-corrected chi connectivity index (χ4v) is 4.30. The van der Waals surface area contributed by atoms with Gasteiger partial charge in [0.1, 0.15) is 0 Å². The molecule has 2 aromatic heterocycles. The van der Waals surface area contributed by atoms with Crippen LogP contribution in [0.25, 0.3) is 9.40 Å². The van der Waals surface area contributed by atoms with Crippen LogP contribution in [-0.4, -0.2) is 0 Å². The second kappa shape index (κ2) is 3.89. The topological polar surface area (TPSA) is 26.0 Å². The first kappa shape index (κ1) is 9.82. The number of rotatable bonds is 3. The maximum atomic E-state index is 6.24. The molecule has 80 valence electrons. The normalized spacial score (nSPS) is 19.3. The Morgan fingerprint density at radius 3 is 2.93 bits per heavy atom. The van der Waals surface area contributed by atoms with Crippen molar-refractivity contribution >= 4 is 32.1 Å². The summed E-state index contributed by atoms with van der Waals surface area (Å²) in [6.45, 7) is 0. The molecule has 3 rings (SSSR count). The summed E-state index contributed by atoms with van der Waals surface area (Å²) in [5.74, 6) is 0.903. The summed E-state index contributed by atoms with van der Waals surface area (Å²) < 4.78 is 2.80. The van der Waals surface area contributed by atoms with Crippen molar-refractivity contribution in [3.05, 3.63) is 22.4 Å². The molecule has 1 aliphatic rings. The van der Waals surface area contributed by atoms with Crippen molar-refractivity contribution in [2.75, 3.05) is 0 Å². The Hall–Kier alpha value is -0.380. The summed E-state index contributed by atoms with van der Waals surface area (Å²) in [7, 11) is 0. The van der Waals surface area contributed by atoms with Crippen LogP contribution in [-0.2, 0) is 0 Å². The molecule has 0 saturated heterocycles. The largest absolute Gasteiger partial charge is 0.323 e. The molecule has 1 fully saturated rings. The summed E-state index contributed by atoms with van der Waals surface area (Å²) in [5, 5.41) is 2.16. The van der Waals surface area contributed by atoms with E-state index >= 15 is 0 Å². The molecule has 0 amide bonds. The number of nitrogens with two attached hydrogens (primary N) is 1. The molecule has 0 spiro atoms. The van der Waals surface area contributed by atoms with Crippen molar-refractivity contribution in [3.63, 3.8) is 0 Å². The predicted octanol–water partition coefficient (Wildman–Crippen LogP) is 4.15. The fourth-order valence-electron chi connectivity index (χ4n) is 2.17. The van der Waals surface area contributed by atoms with Gasteiger partial charge in [0, 0.05) is 20.3 Å². The van der Waals surface area contributed by atoms with Crippen molar-refractivity contribution in [3.8, 4) is 0 Å². The molecule has 2 heterocycles. The summed E-state index contributed by atoms with van der Waals surface area (Å²) in [6.07, 6.45) is 5.39. The lowest BCUT2D eigenvalue weighted by Crippen LogP contribution is -2.19. The minimum Gasteiger partial charge on any atom is -0.323 e. The Morgan fingerprint density at radius 1 is 1.40 bits per heavy atom. The van der Waals surface area contributed by atoms with Crippen molar-refractivity contribution in [2.45, 2.75) is 31.7 Å². The van der Waals surface area contributed by atoms with Crippen LogP contribution in [0.5, 0.6) is 0 Å². The second-order valence-electron chi connectivity index (χ2n) is 4.44. The SMILES string of the molecule is NC(CC1CCC1)c1cc2sccc2s1. The van der Waals surface area contributed by atoms with Crippen LogP contribution < -0.4 is 5.73 Å². The molecule has 1 aliphatic carbocycles. The Morgan fingerprint density at radius 2 is 2.27 bits per heavy atom. The van der Waals surface area contributed by atoms with Crippen LogP contribution in [0.1, 0.15) is 36.6 Å². The van der Waals surface area contributed by atoms with Gasteiger partial charge < -0.3 is 5.73 Å². The van der Waals surface area contributed by atoms with E-state index in [4.69, 9.17) is 5.73 Å². The second-order valence-corrected chi connectivity index (χ2v) is 6.50. The lowest BCUT2D eigenvalue weighted by atomic mass is 9.81. The maximum absolute atomic E-state index is 6.24. The molecule has 1 atom stereocenters. The molecule has 0 radical (unpaired) electrons. The van der Waals surface area contributed by atoms with E-state index in [1.807, 2.05) is 22.7 Å². The average Bonchev–Trinajstić information content (AvgIpc) is 2.69. The van der Waals surface area contributed by atoms with E-state index in [0.717, 1.165) is 5.92 Å². The molecular weight excluding hydrogens is 222 g/mol. The van der Waals surface area contributed by atoms with Gasteiger partial charge in [-0.1, -0.05) is 19.3 Å². The third kappa shape index (κ3) is 1.84. The van der Waals surface area contributed by atoms with Gasteiger partial charge in [0.05, 0.1) is 0 Å². The first-order chi connectivity index (χ1) is 7.33. The molecule has 2 N–H and O–H groups in total. The quantitative estimate of drug-likeness (QED) is 0.852. The number of hydrogen-bond acceptors (Lipinski definition) is 3. The molecule has 3 heteroatoms. The van der Waals surface area contributed by atoms with E-state index in [1.165, 1.54) is 40.0 Å². The average molecular weight is 237 g/mol. The number of hydrogen-bond donors (Lipinski definition) is 1. The summed E-state index contributed by atoms with van der Waals surface area (Å²) >= 11 is 3.69. The monoisotopic (exact) mass is 237 g/mol. The third-order valence-electron chi connectivity index (χ3n) is 3.34. The molecule has 0 bridgehead atoms. The lowest BCUT2D eigenvalue weighted by molar-refractivity contribution is 0.278. The van der Waals surface area contributed by atoms with Gasteiger partial charge in [0.25, 0.3) is 0 Å². The highest BCUT2D eigenvalue weighted by atomic mass is 32.1. The minimum atomic E-state index is 0.278. The Labute approximate surface area is 97.9 Å². The zero-order valence-corrected chi connectivity index (χ0v) is 10.2. The molecule has 1 saturated carbocycles. The predicted molar refractivity (Wildman–Crippen MR) is 68.6 cm³/mol. The van der Waals surface area contributed by atoms with Crippen LogP contribution in [0.2, 0.25) is 0 Å². The van der Waals surface area contributed by atoms with Crippen molar-refractivity contribution in [1.82, 2.24) is 0 Å². The van der Waals surface area contributed by atoms with E-state index in [1.54, 1.807) is 0 Å². The molecule has 15 heavy (non-hydrogen) atoms. The highest BCUT2D eigenvalue weighted by molar-refractivity contribution is 7.26. The summed E-state index contributed by atoms with van der Waals surface area (Å²) in [4.78, 5) is 1.38. The van der Waals surface area contributed by atoms with Gasteiger partial charge in [-0.2, -0.15) is 0 Å². The lowest BCUT2D eigenvalue weighted by Gasteiger charge is -2.27. The smallest absolute Gasteiger partial charge is 0.0454 e. The summed E-state index contributed by atoms with van der Waals surface area (Å²) in [6, 6.07) is 4.76. The van der Waals surface area contributed by atoms with Gasteiger partial charge in [-0.3, -0.25) is 0 Å². The van der Waals surface area contributed by atoms with Gasteiger partial charge in [-0.25, -0.2) is 0 Å². The summed E-state index contributed by atoms with van der Waals surface area (Å²) in [5.41, 5.74) is 6.24. The van der Waals surface area contributed by atoms with Crippen LogP contribution >= 0.6 is 22.7 Å². The third-order valence-corrected chi connectivity index (χ3v) is 5.56. The molecular formula is C12H15NS2. The first-order valence-electron chi connectivity index (χ1n) is 5.55. The molecule has 0 aromatic carbocycles. The van der Waals surface area contributed by atoms with Gasteiger partial charge in [-0.15, -0.1) is 22.7 Å². The molecule has 1 unspecified atom stereocenters. The van der Waals surface area contributed by atoms with E-state index in [0.29, 0.717) is 0 Å². The van der Waals surface area contributed by atoms with Crippen LogP contribution in [0, 0.1) is 5.92 Å². The maximum Gasteiger partial charge on any atom is 0.0454 e. The van der Waals surface area contributed by atoms with Crippen molar-refractivity contribution in [2.24, 2.45) is 11.7 Å².